The summed E-state index contributed by atoms with van der Waals surface area (Å²) in [5.41, 5.74) is 6.72. The molecule has 4 aromatic rings. The van der Waals surface area contributed by atoms with Gasteiger partial charge < -0.3 is 15.1 Å². The van der Waals surface area contributed by atoms with Crippen LogP contribution in [0, 0.1) is 5.92 Å². The molecule has 5 rings (SSSR count). The van der Waals surface area contributed by atoms with Gasteiger partial charge in [-0.2, -0.15) is 10.1 Å². The van der Waals surface area contributed by atoms with Crippen molar-refractivity contribution in [3.63, 3.8) is 0 Å². The Balaban J connectivity index is 0.00000111. The smallest absolute Gasteiger partial charge is 0.259 e. The molecule has 0 saturated heterocycles. The summed E-state index contributed by atoms with van der Waals surface area (Å²) in [7, 11) is 1.55. The molecule has 0 spiro atoms. The maximum absolute atomic E-state index is 14.2. The van der Waals surface area contributed by atoms with Gasteiger partial charge in [0.05, 0.1) is 24.1 Å². The third kappa shape index (κ3) is 10.7. The first-order valence-electron chi connectivity index (χ1n) is 17.9. The van der Waals surface area contributed by atoms with E-state index in [-0.39, 0.29) is 18.2 Å². The topological polar surface area (TPSA) is 114 Å². The van der Waals surface area contributed by atoms with E-state index < -0.39 is 6.10 Å². The highest BCUT2D eigenvalue weighted by molar-refractivity contribution is 6.04. The summed E-state index contributed by atoms with van der Waals surface area (Å²) in [6.45, 7) is 17.1. The number of oxime groups is 1. The molecule has 1 saturated carbocycles. The van der Waals surface area contributed by atoms with Crippen LogP contribution in [-0.2, 0) is 17.7 Å². The van der Waals surface area contributed by atoms with Gasteiger partial charge >= 0.3 is 0 Å². The number of nitrogens with zero attached hydrogens (tertiary/aromatic N) is 5. The van der Waals surface area contributed by atoms with E-state index in [0.717, 1.165) is 77.7 Å². The van der Waals surface area contributed by atoms with Crippen molar-refractivity contribution in [2.24, 2.45) is 11.1 Å². The van der Waals surface area contributed by atoms with Crippen LogP contribution in [0.4, 0.5) is 0 Å². The molecule has 268 valence electrons. The highest BCUT2D eigenvalue weighted by Crippen LogP contribution is 2.35. The lowest BCUT2D eigenvalue weighted by Crippen LogP contribution is -2.34. The van der Waals surface area contributed by atoms with Gasteiger partial charge in [-0.1, -0.05) is 101 Å². The fourth-order valence-electron chi connectivity index (χ4n) is 6.42. The molecule has 9 nitrogen and oxygen atoms in total. The minimum atomic E-state index is -0.681. The van der Waals surface area contributed by atoms with Crippen molar-refractivity contribution < 1.29 is 15.1 Å². The predicted molar refractivity (Wildman–Crippen MR) is 202 cm³/mol. The number of aromatic nitrogens is 4. The second kappa shape index (κ2) is 21.8. The summed E-state index contributed by atoms with van der Waals surface area (Å²) < 4.78 is 3.73. The second-order valence-corrected chi connectivity index (χ2v) is 11.8. The van der Waals surface area contributed by atoms with Gasteiger partial charge in [-0.25, -0.2) is 4.52 Å². The number of allylic oxidation sites excluding steroid dienone is 1. The number of benzene rings is 2. The van der Waals surface area contributed by atoms with Gasteiger partial charge in [-0.05, 0) is 75.0 Å². The van der Waals surface area contributed by atoms with Crippen LogP contribution in [0.2, 0.25) is 0 Å². The number of aliphatic hydroxyl groups excluding tert-OH is 2. The van der Waals surface area contributed by atoms with E-state index in [1.54, 1.807) is 19.5 Å². The molecule has 2 aromatic heterocycles. The molecule has 1 atom stereocenters. The van der Waals surface area contributed by atoms with E-state index in [9.17, 15) is 15.0 Å². The molecule has 0 radical (unpaired) electrons. The van der Waals surface area contributed by atoms with Crippen LogP contribution in [0.1, 0.15) is 115 Å². The zero-order valence-electron chi connectivity index (χ0n) is 31.0. The standard InChI is InChI=1S/C33H41N5O4.C3H6.2C2H6/c1-4-7-31-30(19-24-10-14-25(15-11-24)29-9-6-5-8-28(29)22(2)36-42-3)32(41)37(33-34-21-35-38(31)33)26-16-12-23(13-17-26)18-27(40)20-39;1-3-2;2*1-2/h5-6,8-11,14-15,21,23,26-27,39-40H,4,7,12-13,16-20H2,1-3H3;3H,1H2,2H3;2*1-2H3/b36-22+;;;. The summed E-state index contributed by atoms with van der Waals surface area (Å²) in [5.74, 6) is 0.950. The Morgan fingerprint density at radius 1 is 1.08 bits per heavy atom. The van der Waals surface area contributed by atoms with Gasteiger partial charge in [0.2, 0.25) is 5.78 Å². The number of fused-ring (bicyclic) bond motifs is 1. The fourth-order valence-corrected chi connectivity index (χ4v) is 6.42. The average molecular weight is 674 g/mol. The van der Waals surface area contributed by atoms with Crippen LogP contribution in [0.25, 0.3) is 16.9 Å². The number of hydrogen-bond acceptors (Lipinski definition) is 7. The highest BCUT2D eigenvalue weighted by atomic mass is 16.6. The quantitative estimate of drug-likeness (QED) is 0.0943. The maximum Gasteiger partial charge on any atom is 0.259 e. The molecular weight excluding hydrogens is 614 g/mol. The molecule has 2 N–H and O–H groups in total. The van der Waals surface area contributed by atoms with E-state index in [4.69, 9.17) is 4.84 Å². The van der Waals surface area contributed by atoms with Crippen molar-refractivity contribution in [3.8, 4) is 11.1 Å². The van der Waals surface area contributed by atoms with Gasteiger partial charge in [0, 0.05) is 23.6 Å². The summed E-state index contributed by atoms with van der Waals surface area (Å²) in [6, 6.07) is 16.5. The number of aliphatic hydroxyl groups is 2. The van der Waals surface area contributed by atoms with E-state index >= 15 is 0 Å². The van der Waals surface area contributed by atoms with Crippen LogP contribution in [0.5, 0.6) is 0 Å². The lowest BCUT2D eigenvalue weighted by molar-refractivity contribution is 0.0651. The van der Waals surface area contributed by atoms with E-state index in [2.05, 4.69) is 59.1 Å². The Kier molecular flexibility index (Phi) is 18.3. The van der Waals surface area contributed by atoms with Gasteiger partial charge in [0.15, 0.2) is 0 Å². The Labute approximate surface area is 293 Å². The van der Waals surface area contributed by atoms with Crippen LogP contribution in [-0.4, -0.2) is 54.9 Å². The predicted octanol–water partition coefficient (Wildman–Crippen LogP) is 8.19. The minimum absolute atomic E-state index is 0.0126. The summed E-state index contributed by atoms with van der Waals surface area (Å²) in [5, 5.41) is 27.8. The second-order valence-electron chi connectivity index (χ2n) is 11.8. The van der Waals surface area contributed by atoms with Crippen molar-refractivity contribution in [2.45, 2.75) is 112 Å². The van der Waals surface area contributed by atoms with Crippen LogP contribution < -0.4 is 5.56 Å². The molecule has 2 aromatic carbocycles. The first kappa shape index (κ1) is 41.1. The lowest BCUT2D eigenvalue weighted by Gasteiger charge is -2.31. The largest absolute Gasteiger partial charge is 0.399 e. The third-order valence-corrected chi connectivity index (χ3v) is 8.50. The van der Waals surface area contributed by atoms with Crippen molar-refractivity contribution in [1.29, 1.82) is 0 Å². The molecule has 1 fully saturated rings. The number of aryl methyl sites for hydroxylation is 1. The molecule has 1 aliphatic carbocycles. The summed E-state index contributed by atoms with van der Waals surface area (Å²) >= 11 is 0. The first-order valence-corrected chi connectivity index (χ1v) is 17.9. The molecule has 2 heterocycles. The number of rotatable bonds is 11. The van der Waals surface area contributed by atoms with Gasteiger partial charge in [-0.3, -0.25) is 9.36 Å². The molecule has 0 aliphatic heterocycles. The first-order chi connectivity index (χ1) is 23.9. The zero-order chi connectivity index (χ0) is 36.3. The normalized spacial score (nSPS) is 16.2. The molecule has 49 heavy (non-hydrogen) atoms. The molecule has 9 heteroatoms. The van der Waals surface area contributed by atoms with Crippen LogP contribution >= 0.6 is 0 Å². The molecule has 1 aliphatic rings. The zero-order valence-corrected chi connectivity index (χ0v) is 31.0. The Hall–Kier alpha value is -4.08. The van der Waals surface area contributed by atoms with Crippen molar-refractivity contribution in [2.75, 3.05) is 13.7 Å². The highest BCUT2D eigenvalue weighted by Gasteiger charge is 2.28. The molecular formula is C40H59N5O4. The van der Waals surface area contributed by atoms with Gasteiger partial charge in [-0.15, -0.1) is 6.58 Å². The Morgan fingerprint density at radius 2 is 1.71 bits per heavy atom. The van der Waals surface area contributed by atoms with E-state index in [1.165, 1.54) is 0 Å². The number of hydrogen-bond donors (Lipinski definition) is 2. The maximum atomic E-state index is 14.2. The van der Waals surface area contributed by atoms with Crippen molar-refractivity contribution >= 4 is 11.5 Å². The minimum Gasteiger partial charge on any atom is -0.399 e. The van der Waals surface area contributed by atoms with Crippen LogP contribution in [0.3, 0.4) is 0 Å². The van der Waals surface area contributed by atoms with E-state index in [1.807, 2.05) is 68.8 Å². The van der Waals surface area contributed by atoms with Crippen molar-refractivity contribution in [3.05, 3.63) is 100 Å². The van der Waals surface area contributed by atoms with E-state index in [0.29, 0.717) is 24.5 Å². The SMILES string of the molecule is C=CC.CC.CC.CCCc1c(Cc2ccc(-c3ccccc3/C(C)=N/OC)cc2)c(=O)n(C2CCC(CC(O)CO)CC2)c2ncnn12. The lowest BCUT2D eigenvalue weighted by atomic mass is 9.82. The van der Waals surface area contributed by atoms with Crippen molar-refractivity contribution in [1.82, 2.24) is 19.2 Å². The molecule has 0 bridgehead atoms. The van der Waals surface area contributed by atoms with Crippen LogP contribution in [0.15, 0.2) is 77.5 Å². The average Bonchev–Trinajstić information content (AvgIpc) is 3.62. The molecule has 0 amide bonds. The Morgan fingerprint density at radius 3 is 2.31 bits per heavy atom. The van der Waals surface area contributed by atoms with Gasteiger partial charge in [0.25, 0.3) is 5.56 Å². The summed E-state index contributed by atoms with van der Waals surface area (Å²) in [4.78, 5) is 23.8. The monoisotopic (exact) mass is 673 g/mol. The Bertz CT molecular complexity index is 1630. The van der Waals surface area contributed by atoms with Gasteiger partial charge in [0.1, 0.15) is 13.4 Å². The fraction of sp³-hybridized carbons (Fsp3) is 0.500. The molecule has 1 unspecified atom stereocenters. The summed E-state index contributed by atoms with van der Waals surface area (Å²) in [6.07, 6.45) is 8.80. The third-order valence-electron chi connectivity index (χ3n) is 8.50.